The fourth-order valence-corrected chi connectivity index (χ4v) is 4.43. The molecule has 0 aliphatic carbocycles. The second-order valence-electron chi connectivity index (χ2n) is 7.07. The number of rotatable bonds is 8. The van der Waals surface area contributed by atoms with E-state index in [2.05, 4.69) is 20.6 Å². The molecule has 2 amide bonds. The van der Waals surface area contributed by atoms with Crippen LogP contribution in [0.3, 0.4) is 0 Å². The molecule has 160 valence electrons. The van der Waals surface area contributed by atoms with Crippen LogP contribution in [0.15, 0.2) is 75.9 Å². The summed E-state index contributed by atoms with van der Waals surface area (Å²) in [5.74, 6) is -0.00146. The lowest BCUT2D eigenvalue weighted by Crippen LogP contribution is -2.31. The minimum absolute atomic E-state index is 0.0541. The van der Waals surface area contributed by atoms with Crippen molar-refractivity contribution in [3.8, 4) is 0 Å². The minimum Gasteiger partial charge on any atom is -0.353 e. The molecule has 6 nitrogen and oxygen atoms in total. The van der Waals surface area contributed by atoms with E-state index in [9.17, 15) is 9.59 Å². The number of nitrogens with one attached hydrogen (secondary N) is 2. The Kier molecular flexibility index (Phi) is 8.08. The van der Waals surface area contributed by atoms with Gasteiger partial charge in [-0.3, -0.25) is 9.59 Å². The van der Waals surface area contributed by atoms with Gasteiger partial charge in [0.25, 0.3) is 5.91 Å². The summed E-state index contributed by atoms with van der Waals surface area (Å²) in [6.07, 6.45) is 3.41. The first-order valence-corrected chi connectivity index (χ1v) is 11.6. The van der Waals surface area contributed by atoms with Crippen LogP contribution < -0.4 is 10.6 Å². The zero-order chi connectivity index (χ0) is 22.2. The van der Waals surface area contributed by atoms with Gasteiger partial charge in [-0.2, -0.15) is 0 Å². The van der Waals surface area contributed by atoms with E-state index in [1.54, 1.807) is 24.5 Å². The summed E-state index contributed by atoms with van der Waals surface area (Å²) in [6, 6.07) is 15.0. The van der Waals surface area contributed by atoms with Gasteiger partial charge in [-0.05, 0) is 74.5 Å². The summed E-state index contributed by atoms with van der Waals surface area (Å²) >= 11 is 2.82. The zero-order valence-electron chi connectivity index (χ0n) is 17.6. The largest absolute Gasteiger partial charge is 0.353 e. The highest BCUT2D eigenvalue weighted by atomic mass is 32.2. The van der Waals surface area contributed by atoms with E-state index in [1.807, 2.05) is 57.2 Å². The maximum atomic E-state index is 12.9. The zero-order valence-corrected chi connectivity index (χ0v) is 19.2. The van der Waals surface area contributed by atoms with Crippen molar-refractivity contribution in [3.05, 3.63) is 72.1 Å². The standard InChI is InChI=1S/C23H24N4O2S2/c1-15(2)26-21(28)14-30-20-8-5-4-7-18(20)22(29)27-19-10-9-17(13-16(19)3)31-23-24-11-6-12-25-23/h4-13,15H,14H2,1-3H3,(H,26,28)(H,27,29). The first-order valence-electron chi connectivity index (χ1n) is 9.80. The van der Waals surface area contributed by atoms with E-state index in [4.69, 9.17) is 0 Å². The van der Waals surface area contributed by atoms with E-state index < -0.39 is 0 Å². The summed E-state index contributed by atoms with van der Waals surface area (Å²) in [6.45, 7) is 5.79. The third-order valence-electron chi connectivity index (χ3n) is 4.14. The van der Waals surface area contributed by atoms with Gasteiger partial charge in [-0.1, -0.05) is 12.1 Å². The predicted molar refractivity (Wildman–Crippen MR) is 126 cm³/mol. The number of aryl methyl sites for hydroxylation is 1. The number of nitrogens with zero attached hydrogens (tertiary/aromatic N) is 2. The van der Waals surface area contributed by atoms with Gasteiger partial charge in [0.1, 0.15) is 0 Å². The van der Waals surface area contributed by atoms with Crippen LogP contribution in [0.5, 0.6) is 0 Å². The Morgan fingerprint density at radius 3 is 2.48 bits per heavy atom. The van der Waals surface area contributed by atoms with E-state index in [0.29, 0.717) is 10.7 Å². The minimum atomic E-state index is -0.206. The van der Waals surface area contributed by atoms with Gasteiger partial charge in [-0.25, -0.2) is 9.97 Å². The van der Waals surface area contributed by atoms with Gasteiger partial charge in [0.15, 0.2) is 5.16 Å². The van der Waals surface area contributed by atoms with Crippen molar-refractivity contribution in [2.75, 3.05) is 11.1 Å². The summed E-state index contributed by atoms with van der Waals surface area (Å²) in [7, 11) is 0. The molecule has 0 spiro atoms. The Morgan fingerprint density at radius 1 is 1.03 bits per heavy atom. The topological polar surface area (TPSA) is 84.0 Å². The number of carbonyl (C=O) groups is 2. The van der Waals surface area contributed by atoms with Crippen molar-refractivity contribution in [1.82, 2.24) is 15.3 Å². The van der Waals surface area contributed by atoms with E-state index >= 15 is 0 Å². The van der Waals surface area contributed by atoms with Crippen molar-refractivity contribution in [2.24, 2.45) is 0 Å². The normalized spacial score (nSPS) is 10.7. The summed E-state index contributed by atoms with van der Waals surface area (Å²) in [4.78, 5) is 35.1. The SMILES string of the molecule is Cc1cc(Sc2ncccn2)ccc1NC(=O)c1ccccc1SCC(=O)NC(C)C. The molecule has 1 heterocycles. The number of amides is 2. The quantitative estimate of drug-likeness (QED) is 0.377. The number of anilines is 1. The molecule has 0 aliphatic rings. The van der Waals surface area contributed by atoms with Crippen LogP contribution in [0.25, 0.3) is 0 Å². The molecular formula is C23H24N4O2S2. The number of hydrogen-bond donors (Lipinski definition) is 2. The van der Waals surface area contributed by atoms with E-state index in [1.165, 1.54) is 23.5 Å². The lowest BCUT2D eigenvalue weighted by atomic mass is 10.1. The molecule has 2 aromatic carbocycles. The van der Waals surface area contributed by atoms with Gasteiger partial charge >= 0.3 is 0 Å². The van der Waals surface area contributed by atoms with Crippen LogP contribution in [0.1, 0.15) is 29.8 Å². The van der Waals surface area contributed by atoms with Crippen molar-refractivity contribution in [1.29, 1.82) is 0 Å². The average Bonchev–Trinajstić information content (AvgIpc) is 2.74. The van der Waals surface area contributed by atoms with Gasteiger partial charge < -0.3 is 10.6 Å². The lowest BCUT2D eigenvalue weighted by molar-refractivity contribution is -0.119. The molecule has 0 radical (unpaired) electrons. The Hall–Kier alpha value is -2.84. The molecule has 3 rings (SSSR count). The number of hydrogen-bond acceptors (Lipinski definition) is 6. The van der Waals surface area contributed by atoms with Crippen molar-refractivity contribution in [2.45, 2.75) is 41.8 Å². The van der Waals surface area contributed by atoms with E-state index in [0.717, 1.165) is 21.0 Å². The molecule has 0 fully saturated rings. The van der Waals surface area contributed by atoms with Crippen LogP contribution in [-0.4, -0.2) is 33.6 Å². The summed E-state index contributed by atoms with van der Waals surface area (Å²) < 4.78 is 0. The molecule has 0 saturated heterocycles. The van der Waals surface area contributed by atoms with Gasteiger partial charge in [0.05, 0.1) is 11.3 Å². The molecule has 1 aromatic heterocycles. The number of benzene rings is 2. The number of aromatic nitrogens is 2. The molecule has 31 heavy (non-hydrogen) atoms. The van der Waals surface area contributed by atoms with Gasteiger partial charge in [0.2, 0.25) is 5.91 Å². The lowest BCUT2D eigenvalue weighted by Gasteiger charge is -2.13. The first kappa shape index (κ1) is 22.8. The third kappa shape index (κ3) is 6.83. The van der Waals surface area contributed by atoms with Crippen LogP contribution in [-0.2, 0) is 4.79 Å². The van der Waals surface area contributed by atoms with Crippen molar-refractivity contribution < 1.29 is 9.59 Å². The molecule has 0 bridgehead atoms. The molecule has 8 heteroatoms. The second kappa shape index (κ2) is 11.0. The Bertz CT molecular complexity index is 1060. The molecule has 3 aromatic rings. The maximum Gasteiger partial charge on any atom is 0.256 e. The Labute approximate surface area is 190 Å². The first-order chi connectivity index (χ1) is 14.9. The van der Waals surface area contributed by atoms with Crippen LogP contribution in [0, 0.1) is 6.92 Å². The molecule has 0 aliphatic heterocycles. The number of thioether (sulfide) groups is 1. The second-order valence-corrected chi connectivity index (χ2v) is 9.13. The summed E-state index contributed by atoms with van der Waals surface area (Å²) in [5.41, 5.74) is 2.22. The van der Waals surface area contributed by atoms with Gasteiger partial charge in [-0.15, -0.1) is 11.8 Å². The van der Waals surface area contributed by atoms with Crippen LogP contribution in [0.2, 0.25) is 0 Å². The number of carbonyl (C=O) groups excluding carboxylic acids is 2. The molecule has 0 atom stereocenters. The molecular weight excluding hydrogens is 428 g/mol. The van der Waals surface area contributed by atoms with Crippen molar-refractivity contribution >= 4 is 41.0 Å². The van der Waals surface area contributed by atoms with Crippen molar-refractivity contribution in [3.63, 3.8) is 0 Å². The van der Waals surface area contributed by atoms with E-state index in [-0.39, 0.29) is 23.6 Å². The average molecular weight is 453 g/mol. The monoisotopic (exact) mass is 452 g/mol. The summed E-state index contributed by atoms with van der Waals surface area (Å²) in [5, 5.41) is 6.52. The highest BCUT2D eigenvalue weighted by molar-refractivity contribution is 8.00. The highest BCUT2D eigenvalue weighted by Crippen LogP contribution is 2.29. The van der Waals surface area contributed by atoms with Crippen LogP contribution in [0.4, 0.5) is 5.69 Å². The fourth-order valence-electron chi connectivity index (χ4n) is 2.76. The maximum absolute atomic E-state index is 12.9. The Morgan fingerprint density at radius 2 is 1.77 bits per heavy atom. The molecule has 2 N–H and O–H groups in total. The van der Waals surface area contributed by atoms with Gasteiger partial charge in [0, 0.05) is 33.9 Å². The molecule has 0 saturated carbocycles. The predicted octanol–water partition coefficient (Wildman–Crippen LogP) is 4.81. The smallest absolute Gasteiger partial charge is 0.256 e. The van der Waals surface area contributed by atoms with Crippen LogP contribution >= 0.6 is 23.5 Å². The third-order valence-corrected chi connectivity index (χ3v) is 6.09. The molecule has 0 unspecified atom stereocenters. The fraction of sp³-hybridized carbons (Fsp3) is 0.217. The highest BCUT2D eigenvalue weighted by Gasteiger charge is 2.14. The Balaban J connectivity index is 1.68.